The first-order valence-corrected chi connectivity index (χ1v) is 10.00. The van der Waals surface area contributed by atoms with E-state index in [1.807, 2.05) is 65.0 Å². The van der Waals surface area contributed by atoms with Gasteiger partial charge in [0.2, 0.25) is 0 Å². The van der Waals surface area contributed by atoms with Crippen molar-refractivity contribution in [3.8, 4) is 18.3 Å². The molecule has 2 rings (SSSR count). The van der Waals surface area contributed by atoms with Gasteiger partial charge in [-0.25, -0.2) is 4.79 Å². The van der Waals surface area contributed by atoms with E-state index in [1.165, 1.54) is 7.11 Å². The lowest BCUT2D eigenvalue weighted by Gasteiger charge is -2.34. The van der Waals surface area contributed by atoms with Crippen molar-refractivity contribution in [1.29, 1.82) is 0 Å². The van der Waals surface area contributed by atoms with E-state index < -0.39 is 17.5 Å². The van der Waals surface area contributed by atoms with Crippen LogP contribution in [-0.4, -0.2) is 51.0 Å². The number of hydrogen-bond acceptors (Lipinski definition) is 6. The number of amides is 1. The molecule has 0 aliphatic carbocycles. The third-order valence-corrected chi connectivity index (χ3v) is 3.94. The van der Waals surface area contributed by atoms with E-state index >= 15 is 0 Å². The summed E-state index contributed by atoms with van der Waals surface area (Å²) in [6.07, 6.45) is 6.83. The van der Waals surface area contributed by atoms with Gasteiger partial charge in [0.15, 0.2) is 5.79 Å². The van der Waals surface area contributed by atoms with Crippen molar-refractivity contribution in [2.45, 2.75) is 52.4 Å². The zero-order valence-corrected chi connectivity index (χ0v) is 18.9. The first kappa shape index (κ1) is 25.6. The molecule has 1 aromatic rings. The monoisotopic (exact) mass is 421 g/mol. The standard InChI is InChI=1S/C20H31NO5.C3H4O/c1-19(2,3)26-18(22)21-11-10-15-6-8-17(9-7-15)23-12-16-13-24-20(4,5)25-14-16;1-3-4-2/h6-9,16H,10-14H2,1-5H3,(H,21,22);1H,2H3. The van der Waals surface area contributed by atoms with E-state index in [-0.39, 0.29) is 5.92 Å². The minimum absolute atomic E-state index is 0.237. The average Bonchev–Trinajstić information content (AvgIpc) is 2.67. The number of rotatable bonds is 6. The molecule has 30 heavy (non-hydrogen) atoms. The molecule has 7 nitrogen and oxygen atoms in total. The van der Waals surface area contributed by atoms with Gasteiger partial charge in [0, 0.05) is 12.5 Å². The highest BCUT2D eigenvalue weighted by atomic mass is 16.7. The normalized spacial score (nSPS) is 15.8. The second-order valence-electron chi connectivity index (χ2n) is 8.34. The molecule has 0 radical (unpaired) electrons. The maximum absolute atomic E-state index is 11.6. The van der Waals surface area contributed by atoms with E-state index in [0.29, 0.717) is 26.4 Å². The summed E-state index contributed by atoms with van der Waals surface area (Å²) >= 11 is 0. The number of alkyl carbamates (subject to hydrolysis) is 1. The minimum atomic E-state index is -0.495. The van der Waals surface area contributed by atoms with Gasteiger partial charge in [-0.15, -0.1) is 0 Å². The molecule has 1 saturated heterocycles. The Morgan fingerprint density at radius 3 is 2.30 bits per heavy atom. The second kappa shape index (κ2) is 12.3. The lowest BCUT2D eigenvalue weighted by atomic mass is 10.1. The van der Waals surface area contributed by atoms with Crippen molar-refractivity contribution in [3.05, 3.63) is 29.8 Å². The molecular weight excluding hydrogens is 386 g/mol. The molecule has 1 heterocycles. The highest BCUT2D eigenvalue weighted by Crippen LogP contribution is 2.21. The predicted octanol–water partition coefficient (Wildman–Crippen LogP) is 3.76. The first-order valence-electron chi connectivity index (χ1n) is 10.00. The van der Waals surface area contributed by atoms with Crippen LogP contribution in [-0.2, 0) is 25.4 Å². The van der Waals surface area contributed by atoms with E-state index in [1.54, 1.807) is 0 Å². The molecule has 1 N–H and O–H groups in total. The Labute approximate surface area is 180 Å². The third-order valence-electron chi connectivity index (χ3n) is 3.94. The summed E-state index contributed by atoms with van der Waals surface area (Å²) in [6.45, 7) is 11.7. The number of terminal acetylenes is 1. The lowest BCUT2D eigenvalue weighted by Crippen LogP contribution is -2.41. The highest BCUT2D eigenvalue weighted by Gasteiger charge is 2.28. The molecule has 0 spiro atoms. The predicted molar refractivity (Wildman–Crippen MR) is 115 cm³/mol. The summed E-state index contributed by atoms with van der Waals surface area (Å²) in [5, 5.41) is 2.76. The lowest BCUT2D eigenvalue weighted by molar-refractivity contribution is -0.264. The largest absolute Gasteiger partial charge is 0.493 e. The molecule has 1 aliphatic rings. The fourth-order valence-corrected chi connectivity index (χ4v) is 2.41. The van der Waals surface area contributed by atoms with Crippen molar-refractivity contribution < 1.29 is 28.5 Å². The summed E-state index contributed by atoms with van der Waals surface area (Å²) in [6, 6.07) is 7.89. The Morgan fingerprint density at radius 2 is 1.80 bits per heavy atom. The van der Waals surface area contributed by atoms with Crippen molar-refractivity contribution in [2.24, 2.45) is 5.92 Å². The van der Waals surface area contributed by atoms with Crippen LogP contribution >= 0.6 is 0 Å². The fraction of sp³-hybridized carbons (Fsp3) is 0.609. The molecule has 1 fully saturated rings. The minimum Gasteiger partial charge on any atom is -0.493 e. The van der Waals surface area contributed by atoms with Gasteiger partial charge in [0.25, 0.3) is 0 Å². The number of ether oxygens (including phenoxy) is 5. The second-order valence-corrected chi connectivity index (χ2v) is 8.34. The van der Waals surface area contributed by atoms with Crippen molar-refractivity contribution >= 4 is 6.09 Å². The number of nitrogens with one attached hydrogen (secondary N) is 1. The molecule has 0 unspecified atom stereocenters. The molecule has 0 aromatic heterocycles. The summed E-state index contributed by atoms with van der Waals surface area (Å²) in [5.41, 5.74) is 0.646. The van der Waals surface area contributed by atoms with Gasteiger partial charge in [0.1, 0.15) is 17.5 Å². The number of benzene rings is 1. The van der Waals surface area contributed by atoms with Crippen LogP contribution in [0.1, 0.15) is 40.2 Å². The maximum atomic E-state index is 11.6. The van der Waals surface area contributed by atoms with Gasteiger partial charge in [-0.05, 0) is 58.7 Å². The van der Waals surface area contributed by atoms with Crippen LogP contribution in [0.15, 0.2) is 24.3 Å². The Morgan fingerprint density at radius 1 is 1.23 bits per heavy atom. The molecule has 7 heteroatoms. The quantitative estimate of drug-likeness (QED) is 0.705. The van der Waals surface area contributed by atoms with E-state index in [4.69, 9.17) is 18.9 Å². The number of hydrogen-bond donors (Lipinski definition) is 1. The van der Waals surface area contributed by atoms with Crippen molar-refractivity contribution in [2.75, 3.05) is 33.5 Å². The Balaban J connectivity index is 0.00000103. The van der Waals surface area contributed by atoms with Gasteiger partial charge in [-0.2, -0.15) is 0 Å². The topological polar surface area (TPSA) is 75.3 Å². The molecule has 1 aromatic carbocycles. The SMILES string of the molecule is C#COC.CC(C)(C)OC(=O)NCCc1ccc(OCC2COC(C)(C)OC2)cc1. The maximum Gasteiger partial charge on any atom is 0.407 e. The number of carbonyl (C=O) groups is 1. The molecule has 0 saturated carbocycles. The molecule has 1 aliphatic heterocycles. The van der Waals surface area contributed by atoms with Crippen LogP contribution in [0.25, 0.3) is 0 Å². The summed E-state index contributed by atoms with van der Waals surface area (Å²) in [7, 11) is 1.44. The summed E-state index contributed by atoms with van der Waals surface area (Å²) in [5.74, 6) is 0.560. The summed E-state index contributed by atoms with van der Waals surface area (Å²) in [4.78, 5) is 11.6. The van der Waals surface area contributed by atoms with Crippen LogP contribution in [0.4, 0.5) is 4.79 Å². The van der Waals surface area contributed by atoms with Crippen LogP contribution in [0, 0.1) is 18.4 Å². The van der Waals surface area contributed by atoms with Gasteiger partial charge in [0.05, 0.1) is 26.9 Å². The number of carbonyl (C=O) groups excluding carboxylic acids is 1. The van der Waals surface area contributed by atoms with Gasteiger partial charge in [-0.1, -0.05) is 18.6 Å². The van der Waals surface area contributed by atoms with Gasteiger partial charge >= 0.3 is 6.09 Å². The van der Waals surface area contributed by atoms with Crippen LogP contribution in [0.2, 0.25) is 0 Å². The third kappa shape index (κ3) is 11.5. The van der Waals surface area contributed by atoms with Crippen molar-refractivity contribution in [3.63, 3.8) is 0 Å². The van der Waals surface area contributed by atoms with Crippen LogP contribution in [0.3, 0.4) is 0 Å². The summed E-state index contributed by atoms with van der Waals surface area (Å²) < 4.78 is 26.4. The zero-order chi connectivity index (χ0) is 22.6. The van der Waals surface area contributed by atoms with E-state index in [2.05, 4.69) is 16.5 Å². The highest BCUT2D eigenvalue weighted by molar-refractivity contribution is 5.67. The van der Waals surface area contributed by atoms with Crippen LogP contribution < -0.4 is 10.1 Å². The van der Waals surface area contributed by atoms with E-state index in [9.17, 15) is 4.79 Å². The molecule has 168 valence electrons. The van der Waals surface area contributed by atoms with Crippen molar-refractivity contribution in [1.82, 2.24) is 5.32 Å². The molecule has 0 atom stereocenters. The molecular formula is C23H35NO6. The average molecular weight is 422 g/mol. The Kier molecular flexibility index (Phi) is 10.5. The van der Waals surface area contributed by atoms with E-state index in [0.717, 1.165) is 17.7 Å². The van der Waals surface area contributed by atoms with Crippen LogP contribution in [0.5, 0.6) is 5.75 Å². The zero-order valence-electron chi connectivity index (χ0n) is 18.9. The van der Waals surface area contributed by atoms with Gasteiger partial charge in [-0.3, -0.25) is 0 Å². The first-order chi connectivity index (χ1) is 14.0. The molecule has 1 amide bonds. The molecule has 0 bridgehead atoms. The Bertz CT molecular complexity index is 662. The smallest absolute Gasteiger partial charge is 0.407 e. The Hall–Kier alpha value is -2.43. The fourth-order valence-electron chi connectivity index (χ4n) is 2.41. The van der Waals surface area contributed by atoms with Gasteiger partial charge < -0.3 is 29.0 Å². The number of methoxy groups -OCH3 is 1.